The van der Waals surface area contributed by atoms with E-state index >= 15 is 0 Å². The minimum Gasteiger partial charge on any atom is -0.378 e. The van der Waals surface area contributed by atoms with Crippen molar-refractivity contribution in [2.45, 2.75) is 12.5 Å². The van der Waals surface area contributed by atoms with Gasteiger partial charge in [0.2, 0.25) is 0 Å². The third-order valence-corrected chi connectivity index (χ3v) is 4.79. The molecule has 2 aliphatic rings. The van der Waals surface area contributed by atoms with E-state index in [-0.39, 0.29) is 17.7 Å². The third-order valence-electron chi connectivity index (χ3n) is 4.79. The Morgan fingerprint density at radius 1 is 1.16 bits per heavy atom. The monoisotopic (exact) mass is 336 g/mol. The van der Waals surface area contributed by atoms with Crippen LogP contribution in [0.3, 0.4) is 0 Å². The van der Waals surface area contributed by atoms with E-state index < -0.39 is 5.82 Å². The van der Waals surface area contributed by atoms with Gasteiger partial charge in [-0.05, 0) is 41.8 Å². The maximum Gasteiger partial charge on any atom is 0.270 e. The molecule has 1 fully saturated rings. The molecule has 2 heterocycles. The number of rotatable bonds is 2. The lowest BCUT2D eigenvalue weighted by Gasteiger charge is -2.41. The summed E-state index contributed by atoms with van der Waals surface area (Å²) in [6, 6.07) is 13.5. The van der Waals surface area contributed by atoms with Gasteiger partial charge in [-0.15, -0.1) is 0 Å². The molecule has 5 heteroatoms. The van der Waals surface area contributed by atoms with Gasteiger partial charge in [0.15, 0.2) is 5.78 Å². The Bertz CT molecular complexity index is 874. The normalized spacial score (nSPS) is 20.7. The van der Waals surface area contributed by atoms with Gasteiger partial charge in [0, 0.05) is 24.7 Å². The van der Waals surface area contributed by atoms with Gasteiger partial charge >= 0.3 is 0 Å². The molecule has 2 aromatic rings. The first-order valence-electron chi connectivity index (χ1n) is 8.28. The molecule has 0 unspecified atom stereocenters. The zero-order chi connectivity index (χ0) is 17.4. The van der Waals surface area contributed by atoms with Gasteiger partial charge in [-0.1, -0.05) is 24.3 Å². The molecule has 0 saturated carbocycles. The van der Waals surface area contributed by atoms with E-state index in [1.54, 1.807) is 0 Å². The molecule has 2 aromatic carbocycles. The number of nitrogens with zero attached hydrogens (tertiary/aromatic N) is 1. The van der Waals surface area contributed by atoms with Crippen molar-refractivity contribution >= 4 is 11.7 Å². The molecule has 1 atom stereocenters. The van der Waals surface area contributed by atoms with Crippen LogP contribution >= 0.6 is 0 Å². The number of hydrogen-bond acceptors (Lipinski definition) is 3. The summed E-state index contributed by atoms with van der Waals surface area (Å²) in [6.45, 7) is 1.22. The highest BCUT2D eigenvalue weighted by Gasteiger charge is 2.36. The second-order valence-electron chi connectivity index (χ2n) is 6.27. The third kappa shape index (κ3) is 2.82. The fourth-order valence-electron chi connectivity index (χ4n) is 3.49. The Labute approximate surface area is 145 Å². The summed E-state index contributed by atoms with van der Waals surface area (Å²) in [5, 5.41) is 3.10. The minimum atomic E-state index is -0.397. The summed E-state index contributed by atoms with van der Waals surface area (Å²) >= 11 is 0. The average Bonchev–Trinajstić information content (AvgIpc) is 2.64. The molecule has 1 N–H and O–H groups in total. The van der Waals surface area contributed by atoms with Crippen LogP contribution in [0.25, 0.3) is 0 Å². The molecule has 1 saturated heterocycles. The molecule has 1 amide bonds. The van der Waals surface area contributed by atoms with Gasteiger partial charge < -0.3 is 10.2 Å². The lowest BCUT2D eigenvalue weighted by atomic mass is 9.90. The Balaban J connectivity index is 1.58. The Kier molecular flexibility index (Phi) is 3.84. The van der Waals surface area contributed by atoms with E-state index in [2.05, 4.69) is 17.4 Å². The fourth-order valence-corrected chi connectivity index (χ4v) is 3.49. The Hall–Kier alpha value is -2.95. The van der Waals surface area contributed by atoms with Gasteiger partial charge in [0.05, 0.1) is 6.04 Å². The van der Waals surface area contributed by atoms with E-state index in [0.717, 1.165) is 6.42 Å². The van der Waals surface area contributed by atoms with Crippen molar-refractivity contribution in [3.8, 4) is 0 Å². The van der Waals surface area contributed by atoms with E-state index in [1.807, 2.05) is 17.0 Å². The molecule has 25 heavy (non-hydrogen) atoms. The average molecular weight is 336 g/mol. The standard InChI is InChI=1S/C20H17FN2O2/c21-15-7-5-14(6-8-15)19(24)11-17-20(25)23-10-9-13-3-1-2-4-16(13)18(23)12-22-17/h1-8,11,18,22H,9-10,12H2/b17-11+/t18-/m1/s1. The van der Waals surface area contributed by atoms with Crippen LogP contribution < -0.4 is 5.32 Å². The van der Waals surface area contributed by atoms with Crippen LogP contribution in [-0.4, -0.2) is 29.7 Å². The van der Waals surface area contributed by atoms with Crippen LogP contribution in [0, 0.1) is 5.82 Å². The molecule has 0 radical (unpaired) electrons. The molecule has 2 aliphatic heterocycles. The lowest BCUT2D eigenvalue weighted by Crippen LogP contribution is -2.51. The van der Waals surface area contributed by atoms with Crippen molar-refractivity contribution in [3.63, 3.8) is 0 Å². The van der Waals surface area contributed by atoms with E-state index in [0.29, 0.717) is 24.4 Å². The van der Waals surface area contributed by atoms with Crippen molar-refractivity contribution in [1.29, 1.82) is 0 Å². The van der Waals surface area contributed by atoms with Gasteiger partial charge in [-0.3, -0.25) is 9.59 Å². The molecule has 126 valence electrons. The quantitative estimate of drug-likeness (QED) is 0.677. The van der Waals surface area contributed by atoms with Crippen LogP contribution in [0.2, 0.25) is 0 Å². The molecule has 0 aliphatic carbocycles. The molecule has 0 aromatic heterocycles. The van der Waals surface area contributed by atoms with Gasteiger partial charge in [-0.2, -0.15) is 0 Å². The number of hydrogen-bond donors (Lipinski definition) is 1. The highest BCUT2D eigenvalue weighted by atomic mass is 19.1. The number of fused-ring (bicyclic) bond motifs is 3. The second kappa shape index (κ2) is 6.16. The number of ketones is 1. The number of carbonyl (C=O) groups excluding carboxylic acids is 2. The highest BCUT2D eigenvalue weighted by Crippen LogP contribution is 2.32. The van der Waals surface area contributed by atoms with Crippen molar-refractivity contribution < 1.29 is 14.0 Å². The van der Waals surface area contributed by atoms with Crippen LogP contribution in [0.15, 0.2) is 60.3 Å². The van der Waals surface area contributed by atoms with Crippen molar-refractivity contribution in [1.82, 2.24) is 10.2 Å². The summed E-state index contributed by atoms with van der Waals surface area (Å²) in [4.78, 5) is 26.9. The number of benzene rings is 2. The largest absolute Gasteiger partial charge is 0.378 e. The Morgan fingerprint density at radius 2 is 1.92 bits per heavy atom. The summed E-state index contributed by atoms with van der Waals surface area (Å²) in [5.74, 6) is -0.876. The number of carbonyl (C=O) groups is 2. The Morgan fingerprint density at radius 3 is 2.72 bits per heavy atom. The summed E-state index contributed by atoms with van der Waals surface area (Å²) in [5.41, 5.74) is 3.09. The van der Waals surface area contributed by atoms with Crippen molar-refractivity contribution in [3.05, 3.63) is 82.8 Å². The first-order chi connectivity index (χ1) is 12.1. The van der Waals surface area contributed by atoms with E-state index in [1.165, 1.54) is 41.5 Å². The zero-order valence-corrected chi connectivity index (χ0v) is 13.5. The van der Waals surface area contributed by atoms with E-state index in [4.69, 9.17) is 0 Å². The van der Waals surface area contributed by atoms with Gasteiger partial charge in [0.1, 0.15) is 11.5 Å². The van der Waals surface area contributed by atoms with E-state index in [9.17, 15) is 14.0 Å². The first-order valence-corrected chi connectivity index (χ1v) is 8.28. The number of nitrogens with one attached hydrogen (secondary N) is 1. The molecular weight excluding hydrogens is 319 g/mol. The second-order valence-corrected chi connectivity index (χ2v) is 6.27. The predicted molar refractivity (Wildman–Crippen MR) is 91.4 cm³/mol. The summed E-state index contributed by atoms with van der Waals surface area (Å²) in [6.07, 6.45) is 2.13. The van der Waals surface area contributed by atoms with Crippen LogP contribution in [-0.2, 0) is 11.2 Å². The fraction of sp³-hybridized carbons (Fsp3) is 0.200. The molecule has 0 spiro atoms. The summed E-state index contributed by atoms with van der Waals surface area (Å²) in [7, 11) is 0. The SMILES string of the molecule is O=C(/C=C1/NC[C@@H]2c3ccccc3CCN2C1=O)c1ccc(F)cc1. The molecule has 4 nitrogen and oxygen atoms in total. The molecule has 4 rings (SSSR count). The van der Waals surface area contributed by atoms with Crippen molar-refractivity contribution in [2.24, 2.45) is 0 Å². The minimum absolute atomic E-state index is 0.00415. The van der Waals surface area contributed by atoms with Gasteiger partial charge in [-0.25, -0.2) is 4.39 Å². The first kappa shape index (κ1) is 15.6. The van der Waals surface area contributed by atoms with Crippen LogP contribution in [0.1, 0.15) is 27.5 Å². The van der Waals surface area contributed by atoms with Crippen LogP contribution in [0.4, 0.5) is 4.39 Å². The lowest BCUT2D eigenvalue weighted by molar-refractivity contribution is -0.132. The maximum atomic E-state index is 13.0. The maximum absolute atomic E-state index is 13.0. The highest BCUT2D eigenvalue weighted by molar-refractivity contribution is 6.09. The number of piperazine rings is 1. The number of allylic oxidation sites excluding steroid dienone is 1. The summed E-state index contributed by atoms with van der Waals surface area (Å²) < 4.78 is 13.0. The number of halogens is 1. The predicted octanol–water partition coefficient (Wildman–Crippen LogP) is 2.62. The van der Waals surface area contributed by atoms with Crippen molar-refractivity contribution in [2.75, 3.05) is 13.1 Å². The topological polar surface area (TPSA) is 49.4 Å². The van der Waals surface area contributed by atoms with Crippen LogP contribution in [0.5, 0.6) is 0 Å². The smallest absolute Gasteiger partial charge is 0.270 e. The van der Waals surface area contributed by atoms with Gasteiger partial charge in [0.25, 0.3) is 5.91 Å². The number of amides is 1. The molecule has 0 bridgehead atoms. The molecular formula is C20H17FN2O2. The zero-order valence-electron chi connectivity index (χ0n) is 13.5.